The average molecular weight is 255 g/mol. The molecule has 1 aliphatic carbocycles. The van der Waals surface area contributed by atoms with Crippen molar-refractivity contribution in [3.63, 3.8) is 0 Å². The van der Waals surface area contributed by atoms with Crippen LogP contribution in [0.1, 0.15) is 40.5 Å². The zero-order chi connectivity index (χ0) is 13.9. The summed E-state index contributed by atoms with van der Waals surface area (Å²) in [6, 6.07) is 0.219. The van der Waals surface area contributed by atoms with Crippen molar-refractivity contribution in [3.8, 4) is 0 Å². The Kier molecular flexibility index (Phi) is 5.17. The summed E-state index contributed by atoms with van der Waals surface area (Å²) in [5.41, 5.74) is 6.31. The van der Waals surface area contributed by atoms with Crippen LogP contribution >= 0.6 is 0 Å². The summed E-state index contributed by atoms with van der Waals surface area (Å²) in [6.45, 7) is 9.85. The highest BCUT2D eigenvalue weighted by Crippen LogP contribution is 2.49. The minimum atomic E-state index is 0.0131. The van der Waals surface area contributed by atoms with E-state index >= 15 is 0 Å². The molecular formula is C14H29N3O. The van der Waals surface area contributed by atoms with Gasteiger partial charge in [-0.15, -0.1) is 0 Å². The van der Waals surface area contributed by atoms with Crippen molar-refractivity contribution in [1.29, 1.82) is 0 Å². The molecule has 106 valence electrons. The fraction of sp³-hybridized carbons (Fsp3) is 0.929. The SMILES string of the molecule is CCN(C)CC(=O)NC(C)CC1CC1(N)C(C)C. The highest BCUT2D eigenvalue weighted by molar-refractivity contribution is 5.78. The van der Waals surface area contributed by atoms with Crippen LogP contribution in [0.5, 0.6) is 0 Å². The average Bonchev–Trinajstić information content (AvgIpc) is 2.90. The Morgan fingerprint density at radius 3 is 2.56 bits per heavy atom. The van der Waals surface area contributed by atoms with E-state index in [0.717, 1.165) is 19.4 Å². The van der Waals surface area contributed by atoms with E-state index in [0.29, 0.717) is 18.4 Å². The molecule has 1 fully saturated rings. The molecule has 0 aromatic heterocycles. The molecule has 1 rings (SSSR count). The number of carbonyl (C=O) groups excluding carboxylic acids is 1. The molecule has 3 unspecified atom stereocenters. The van der Waals surface area contributed by atoms with Crippen LogP contribution in [0.15, 0.2) is 0 Å². The summed E-state index contributed by atoms with van der Waals surface area (Å²) in [4.78, 5) is 13.7. The second kappa shape index (κ2) is 6.02. The first-order valence-electron chi connectivity index (χ1n) is 7.06. The second-order valence-corrected chi connectivity index (χ2v) is 6.20. The van der Waals surface area contributed by atoms with Gasteiger partial charge in [-0.3, -0.25) is 9.69 Å². The van der Waals surface area contributed by atoms with Crippen molar-refractivity contribution < 1.29 is 4.79 Å². The van der Waals surface area contributed by atoms with E-state index in [1.165, 1.54) is 0 Å². The van der Waals surface area contributed by atoms with Gasteiger partial charge in [0.05, 0.1) is 6.54 Å². The number of nitrogens with zero attached hydrogens (tertiary/aromatic N) is 1. The highest BCUT2D eigenvalue weighted by atomic mass is 16.2. The molecule has 4 heteroatoms. The predicted octanol–water partition coefficient (Wildman–Crippen LogP) is 1.21. The molecule has 3 atom stereocenters. The molecule has 0 aliphatic heterocycles. The maximum absolute atomic E-state index is 11.7. The third-order valence-corrected chi connectivity index (χ3v) is 4.27. The summed E-state index contributed by atoms with van der Waals surface area (Å²) < 4.78 is 0. The molecular weight excluding hydrogens is 226 g/mol. The fourth-order valence-electron chi connectivity index (χ4n) is 2.54. The maximum Gasteiger partial charge on any atom is 0.234 e. The molecule has 1 saturated carbocycles. The third kappa shape index (κ3) is 3.95. The zero-order valence-corrected chi connectivity index (χ0v) is 12.5. The summed E-state index contributed by atoms with van der Waals surface area (Å²) in [5.74, 6) is 1.20. The number of carbonyl (C=O) groups is 1. The lowest BCUT2D eigenvalue weighted by molar-refractivity contribution is -0.122. The van der Waals surface area contributed by atoms with Crippen molar-refractivity contribution >= 4 is 5.91 Å². The van der Waals surface area contributed by atoms with E-state index in [4.69, 9.17) is 5.73 Å². The van der Waals surface area contributed by atoms with Gasteiger partial charge in [0.15, 0.2) is 0 Å². The first kappa shape index (κ1) is 15.4. The molecule has 0 saturated heterocycles. The van der Waals surface area contributed by atoms with Crippen LogP contribution in [-0.4, -0.2) is 42.5 Å². The number of rotatable bonds is 7. The number of nitrogens with two attached hydrogens (primary N) is 1. The van der Waals surface area contributed by atoms with Gasteiger partial charge >= 0.3 is 0 Å². The lowest BCUT2D eigenvalue weighted by atomic mass is 9.97. The van der Waals surface area contributed by atoms with Gasteiger partial charge in [0.1, 0.15) is 0 Å². The van der Waals surface area contributed by atoms with E-state index in [1.807, 2.05) is 18.9 Å². The topological polar surface area (TPSA) is 58.4 Å². The number of amides is 1. The van der Waals surface area contributed by atoms with E-state index in [1.54, 1.807) is 0 Å². The number of hydrogen-bond acceptors (Lipinski definition) is 3. The molecule has 0 heterocycles. The van der Waals surface area contributed by atoms with E-state index in [2.05, 4.69) is 26.1 Å². The minimum absolute atomic E-state index is 0.0131. The standard InChI is InChI=1S/C14H29N3O/c1-6-17(5)9-13(18)16-11(4)7-12-8-14(12,15)10(2)3/h10-12H,6-9,15H2,1-5H3,(H,16,18). The lowest BCUT2D eigenvalue weighted by Crippen LogP contribution is -2.41. The Bertz CT molecular complexity index is 293. The first-order chi connectivity index (χ1) is 8.29. The Labute approximate surface area is 111 Å². The Morgan fingerprint density at radius 1 is 1.50 bits per heavy atom. The van der Waals surface area contributed by atoms with Gasteiger partial charge in [-0.05, 0) is 45.2 Å². The molecule has 0 spiro atoms. The molecule has 0 bridgehead atoms. The molecule has 1 aliphatic rings. The molecule has 4 nitrogen and oxygen atoms in total. The van der Waals surface area contributed by atoms with Crippen molar-refractivity contribution in [3.05, 3.63) is 0 Å². The molecule has 1 amide bonds. The summed E-state index contributed by atoms with van der Waals surface area (Å²) in [5, 5.41) is 3.06. The largest absolute Gasteiger partial charge is 0.353 e. The molecule has 0 radical (unpaired) electrons. The van der Waals surface area contributed by atoms with Crippen molar-refractivity contribution in [2.75, 3.05) is 20.1 Å². The maximum atomic E-state index is 11.7. The Morgan fingerprint density at radius 2 is 2.11 bits per heavy atom. The van der Waals surface area contributed by atoms with E-state index in [-0.39, 0.29) is 17.5 Å². The molecule has 18 heavy (non-hydrogen) atoms. The predicted molar refractivity (Wildman–Crippen MR) is 75.3 cm³/mol. The summed E-state index contributed by atoms with van der Waals surface area (Å²) in [6.07, 6.45) is 2.09. The highest BCUT2D eigenvalue weighted by Gasteiger charge is 2.52. The molecule has 0 aromatic rings. The quantitative estimate of drug-likeness (QED) is 0.719. The van der Waals surface area contributed by atoms with Gasteiger partial charge in [0, 0.05) is 11.6 Å². The van der Waals surface area contributed by atoms with Crippen molar-refractivity contribution in [1.82, 2.24) is 10.2 Å². The Hall–Kier alpha value is -0.610. The number of hydrogen-bond donors (Lipinski definition) is 2. The second-order valence-electron chi connectivity index (χ2n) is 6.20. The van der Waals surface area contributed by atoms with Crippen LogP contribution in [0, 0.1) is 11.8 Å². The van der Waals surface area contributed by atoms with Crippen LogP contribution in [0.25, 0.3) is 0 Å². The monoisotopic (exact) mass is 255 g/mol. The van der Waals surface area contributed by atoms with Gasteiger partial charge in [-0.25, -0.2) is 0 Å². The minimum Gasteiger partial charge on any atom is -0.353 e. The van der Waals surface area contributed by atoms with E-state index < -0.39 is 0 Å². The first-order valence-corrected chi connectivity index (χ1v) is 7.06. The molecule has 3 N–H and O–H groups in total. The summed E-state index contributed by atoms with van der Waals surface area (Å²) >= 11 is 0. The van der Waals surface area contributed by atoms with Gasteiger partial charge in [-0.1, -0.05) is 20.8 Å². The van der Waals surface area contributed by atoms with Crippen LogP contribution < -0.4 is 11.1 Å². The van der Waals surface area contributed by atoms with Crippen LogP contribution in [-0.2, 0) is 4.79 Å². The van der Waals surface area contributed by atoms with Crippen LogP contribution in [0.2, 0.25) is 0 Å². The van der Waals surface area contributed by atoms with E-state index in [9.17, 15) is 4.79 Å². The Balaban J connectivity index is 2.27. The van der Waals surface area contributed by atoms with Crippen LogP contribution in [0.4, 0.5) is 0 Å². The smallest absolute Gasteiger partial charge is 0.234 e. The van der Waals surface area contributed by atoms with Gasteiger partial charge < -0.3 is 11.1 Å². The number of nitrogens with one attached hydrogen (secondary N) is 1. The zero-order valence-electron chi connectivity index (χ0n) is 12.5. The van der Waals surface area contributed by atoms with Gasteiger partial charge in [0.25, 0.3) is 0 Å². The third-order valence-electron chi connectivity index (χ3n) is 4.27. The molecule has 0 aromatic carbocycles. The van der Waals surface area contributed by atoms with Crippen molar-refractivity contribution in [2.45, 2.75) is 52.1 Å². The van der Waals surface area contributed by atoms with Crippen LogP contribution in [0.3, 0.4) is 0 Å². The summed E-state index contributed by atoms with van der Waals surface area (Å²) in [7, 11) is 1.95. The number of likely N-dealkylation sites (N-methyl/N-ethyl adjacent to an activating group) is 1. The normalized spacial score (nSPS) is 28.6. The van der Waals surface area contributed by atoms with Crippen molar-refractivity contribution in [2.24, 2.45) is 17.6 Å². The van der Waals surface area contributed by atoms with Gasteiger partial charge in [0.2, 0.25) is 5.91 Å². The van der Waals surface area contributed by atoms with Gasteiger partial charge in [-0.2, -0.15) is 0 Å². The lowest BCUT2D eigenvalue weighted by Gasteiger charge is -2.20. The fourth-order valence-corrected chi connectivity index (χ4v) is 2.54.